The molecule has 5 N–H and O–H groups in total. The number of urea groups is 1. The van der Waals surface area contributed by atoms with Crippen LogP contribution >= 0.6 is 12.4 Å². The van der Waals surface area contributed by atoms with E-state index in [0.717, 1.165) is 48.6 Å². The fourth-order valence-corrected chi connectivity index (χ4v) is 7.12. The minimum absolute atomic E-state index is 0. The van der Waals surface area contributed by atoms with E-state index in [-0.39, 0.29) is 29.8 Å². The van der Waals surface area contributed by atoms with Gasteiger partial charge in [0, 0.05) is 48.6 Å². The number of para-hydroxylation sites is 1. The largest absolute Gasteiger partial charge is 0.361 e. The van der Waals surface area contributed by atoms with Crippen LogP contribution in [-0.2, 0) is 16.6 Å². The molecule has 2 heterocycles. The maximum atomic E-state index is 13.6. The summed E-state index contributed by atoms with van der Waals surface area (Å²) >= 11 is 0. The number of amides is 3. The lowest BCUT2D eigenvalue weighted by Gasteiger charge is -2.39. The Bertz CT molecular complexity index is 1390. The number of rotatable bonds is 7. The average Bonchev–Trinajstić information content (AvgIpc) is 3.57. The third-order valence-corrected chi connectivity index (χ3v) is 9.52. The first-order chi connectivity index (χ1) is 19.5. The molecule has 1 aliphatic heterocycles. The summed E-state index contributed by atoms with van der Waals surface area (Å²) in [6.45, 7) is 2.67. The standard InChI is InChI=1S/C33H41N5O2.ClH/c34-20-23-6-5-7-24(18-23)21-36-31(39)30(19-26-22-35-29-11-4-2-9-27(26)29)37-32(40)38-16-14-33(15-17-38)13-12-25-8-1-3-10-28(25)33;/h1-4,8-13,22-24,30,35H,5-7,14-21,34H2,(H,36,39)(H,37,40);1H/t23?,24?,30-;/m1./s1. The van der Waals surface area contributed by atoms with Crippen molar-refractivity contribution in [1.82, 2.24) is 20.5 Å². The minimum Gasteiger partial charge on any atom is -0.361 e. The van der Waals surface area contributed by atoms with Gasteiger partial charge in [-0.1, -0.05) is 61.0 Å². The highest BCUT2D eigenvalue weighted by Crippen LogP contribution is 2.43. The van der Waals surface area contributed by atoms with Crippen LogP contribution in [0.1, 0.15) is 55.2 Å². The molecule has 41 heavy (non-hydrogen) atoms. The maximum absolute atomic E-state index is 13.6. The highest BCUT2D eigenvalue weighted by Gasteiger charge is 2.39. The molecule has 0 bridgehead atoms. The van der Waals surface area contributed by atoms with E-state index >= 15 is 0 Å². The number of aromatic nitrogens is 1. The molecular formula is C33H42ClN5O2. The Morgan fingerprint density at radius 2 is 1.80 bits per heavy atom. The molecule has 8 heteroatoms. The number of nitrogens with one attached hydrogen (secondary N) is 3. The Kier molecular flexibility index (Phi) is 9.05. The van der Waals surface area contributed by atoms with Crippen LogP contribution in [0.4, 0.5) is 4.79 Å². The summed E-state index contributed by atoms with van der Waals surface area (Å²) in [6, 6.07) is 15.8. The molecule has 1 spiro atoms. The number of carbonyl (C=O) groups excluding carboxylic acids is 2. The highest BCUT2D eigenvalue weighted by atomic mass is 35.5. The van der Waals surface area contributed by atoms with E-state index in [2.05, 4.69) is 58.1 Å². The summed E-state index contributed by atoms with van der Waals surface area (Å²) in [4.78, 5) is 32.3. The molecule has 3 amide bonds. The van der Waals surface area contributed by atoms with E-state index in [1.807, 2.05) is 29.3 Å². The molecule has 3 atom stereocenters. The Balaban J connectivity index is 0.00000337. The second kappa shape index (κ2) is 12.7. The second-order valence-corrected chi connectivity index (χ2v) is 12.0. The third kappa shape index (κ3) is 6.16. The predicted octanol–water partition coefficient (Wildman–Crippen LogP) is 5.15. The van der Waals surface area contributed by atoms with Crippen molar-refractivity contribution in [2.24, 2.45) is 17.6 Å². The molecular weight excluding hydrogens is 534 g/mol. The van der Waals surface area contributed by atoms with Gasteiger partial charge in [0.05, 0.1) is 0 Å². The lowest BCUT2D eigenvalue weighted by Crippen LogP contribution is -2.55. The highest BCUT2D eigenvalue weighted by molar-refractivity contribution is 5.89. The SMILES string of the molecule is Cl.NCC1CCCC(CNC(=O)[C@@H](Cc2c[nH]c3ccccc23)NC(=O)N2CCC3(C=Cc4ccccc43)CC2)C1. The monoisotopic (exact) mass is 575 g/mol. The van der Waals surface area contributed by atoms with Gasteiger partial charge in [-0.15, -0.1) is 12.4 Å². The number of likely N-dealkylation sites (tertiary alicyclic amines) is 1. The summed E-state index contributed by atoms with van der Waals surface area (Å²) in [7, 11) is 0. The van der Waals surface area contributed by atoms with Gasteiger partial charge >= 0.3 is 6.03 Å². The fourth-order valence-electron chi connectivity index (χ4n) is 7.12. The zero-order chi connectivity index (χ0) is 27.5. The van der Waals surface area contributed by atoms with Gasteiger partial charge in [0.2, 0.25) is 5.91 Å². The molecule has 3 aliphatic rings. The molecule has 7 nitrogen and oxygen atoms in total. The number of allylic oxidation sites excluding steroid dienone is 1. The lowest BCUT2D eigenvalue weighted by atomic mass is 9.74. The number of nitrogens with zero attached hydrogens (tertiary/aromatic N) is 1. The molecule has 0 radical (unpaired) electrons. The van der Waals surface area contributed by atoms with Gasteiger partial charge < -0.3 is 26.3 Å². The Labute approximate surface area is 248 Å². The molecule has 218 valence electrons. The zero-order valence-electron chi connectivity index (χ0n) is 23.6. The van der Waals surface area contributed by atoms with Crippen molar-refractivity contribution in [1.29, 1.82) is 0 Å². The summed E-state index contributed by atoms with van der Waals surface area (Å²) < 4.78 is 0. The van der Waals surface area contributed by atoms with Crippen LogP contribution in [0, 0.1) is 11.8 Å². The van der Waals surface area contributed by atoms with Crippen molar-refractivity contribution in [2.75, 3.05) is 26.2 Å². The fraction of sp³-hybridized carbons (Fsp3) is 0.455. The van der Waals surface area contributed by atoms with Gasteiger partial charge in [-0.3, -0.25) is 4.79 Å². The van der Waals surface area contributed by atoms with Crippen molar-refractivity contribution in [3.8, 4) is 0 Å². The van der Waals surface area contributed by atoms with Crippen molar-refractivity contribution in [3.05, 3.63) is 77.5 Å². The van der Waals surface area contributed by atoms with Crippen LogP contribution in [0.5, 0.6) is 0 Å². The molecule has 3 aromatic rings. The number of hydrogen-bond acceptors (Lipinski definition) is 3. The topological polar surface area (TPSA) is 103 Å². The van der Waals surface area contributed by atoms with E-state index in [9.17, 15) is 9.59 Å². The first kappa shape index (κ1) is 29.2. The first-order valence-corrected chi connectivity index (χ1v) is 14.9. The summed E-state index contributed by atoms with van der Waals surface area (Å²) in [5, 5.41) is 7.39. The quantitative estimate of drug-likeness (QED) is 0.313. The molecule has 2 aromatic carbocycles. The number of H-pyrrole nitrogens is 1. The van der Waals surface area contributed by atoms with Gasteiger partial charge in [0.25, 0.3) is 0 Å². The maximum Gasteiger partial charge on any atom is 0.318 e. The second-order valence-electron chi connectivity index (χ2n) is 12.0. The smallest absolute Gasteiger partial charge is 0.318 e. The van der Waals surface area contributed by atoms with E-state index < -0.39 is 6.04 Å². The number of nitrogens with two attached hydrogens (primary N) is 1. The first-order valence-electron chi connectivity index (χ1n) is 14.9. The average molecular weight is 576 g/mol. The number of hydrogen-bond donors (Lipinski definition) is 4. The summed E-state index contributed by atoms with van der Waals surface area (Å²) in [5.74, 6) is 0.868. The number of carbonyl (C=O) groups is 2. The van der Waals surface area contributed by atoms with Crippen molar-refractivity contribution >= 4 is 41.3 Å². The predicted molar refractivity (Wildman–Crippen MR) is 167 cm³/mol. The Hall–Kier alpha value is -3.29. The van der Waals surface area contributed by atoms with E-state index in [1.165, 1.54) is 17.5 Å². The lowest BCUT2D eigenvalue weighted by molar-refractivity contribution is -0.123. The van der Waals surface area contributed by atoms with Crippen LogP contribution in [0.2, 0.25) is 0 Å². The Morgan fingerprint density at radius 3 is 2.63 bits per heavy atom. The van der Waals surface area contributed by atoms with Crippen molar-refractivity contribution in [2.45, 2.75) is 56.4 Å². The van der Waals surface area contributed by atoms with E-state index in [0.29, 0.717) is 44.4 Å². The van der Waals surface area contributed by atoms with Crippen molar-refractivity contribution in [3.63, 3.8) is 0 Å². The summed E-state index contributed by atoms with van der Waals surface area (Å²) in [6.07, 6.45) is 13.2. The van der Waals surface area contributed by atoms with Crippen LogP contribution in [-0.4, -0.2) is 54.0 Å². The number of piperidine rings is 1. The molecule has 2 fully saturated rings. The van der Waals surface area contributed by atoms with Crippen LogP contribution in [0.15, 0.2) is 60.8 Å². The van der Waals surface area contributed by atoms with Gasteiger partial charge in [-0.25, -0.2) is 4.79 Å². The molecule has 2 aliphatic carbocycles. The zero-order valence-corrected chi connectivity index (χ0v) is 24.4. The van der Waals surface area contributed by atoms with Gasteiger partial charge in [0.1, 0.15) is 6.04 Å². The van der Waals surface area contributed by atoms with E-state index in [4.69, 9.17) is 5.73 Å². The van der Waals surface area contributed by atoms with Gasteiger partial charge in [-0.05, 0) is 73.2 Å². The molecule has 1 saturated heterocycles. The number of fused-ring (bicyclic) bond motifs is 3. The summed E-state index contributed by atoms with van der Waals surface area (Å²) in [5.41, 5.74) is 10.7. The normalized spacial score (nSPS) is 21.7. The van der Waals surface area contributed by atoms with Gasteiger partial charge in [0.15, 0.2) is 0 Å². The van der Waals surface area contributed by atoms with Crippen LogP contribution in [0.25, 0.3) is 17.0 Å². The Morgan fingerprint density at radius 1 is 1.05 bits per heavy atom. The number of aromatic amines is 1. The van der Waals surface area contributed by atoms with Gasteiger partial charge in [-0.2, -0.15) is 0 Å². The number of halogens is 1. The van der Waals surface area contributed by atoms with Crippen LogP contribution in [0.3, 0.4) is 0 Å². The molecule has 1 aromatic heterocycles. The van der Waals surface area contributed by atoms with Crippen molar-refractivity contribution < 1.29 is 9.59 Å². The molecule has 6 rings (SSSR count). The molecule has 2 unspecified atom stereocenters. The minimum atomic E-state index is -0.649. The van der Waals surface area contributed by atoms with Crippen LogP contribution < -0.4 is 16.4 Å². The molecule has 1 saturated carbocycles. The number of benzene rings is 2. The third-order valence-electron chi connectivity index (χ3n) is 9.52. The van der Waals surface area contributed by atoms with E-state index in [1.54, 1.807) is 0 Å².